The molecule has 1 amide bonds. The van der Waals surface area contributed by atoms with E-state index in [9.17, 15) is 4.79 Å². The zero-order chi connectivity index (χ0) is 23.9. The number of nitrogens with zero attached hydrogens (tertiary/aromatic N) is 4. The topological polar surface area (TPSA) is 94.0 Å². The summed E-state index contributed by atoms with van der Waals surface area (Å²) in [6, 6.07) is 1.63. The van der Waals surface area contributed by atoms with E-state index in [2.05, 4.69) is 41.4 Å². The molecular weight excluding hydrogens is 416 g/mol. The van der Waals surface area contributed by atoms with Crippen LogP contribution in [0.3, 0.4) is 0 Å². The highest BCUT2D eigenvalue weighted by Crippen LogP contribution is 2.17. The summed E-state index contributed by atoms with van der Waals surface area (Å²) in [6.45, 7) is 10.6. The molecule has 0 aromatic carbocycles. The number of carbonyl (C=O) groups is 1. The Morgan fingerprint density at radius 2 is 1.97 bits per heavy atom. The van der Waals surface area contributed by atoms with E-state index in [1.54, 1.807) is 17.1 Å². The van der Waals surface area contributed by atoms with Gasteiger partial charge in [0.05, 0.1) is 0 Å². The monoisotopic (exact) mass is 458 g/mol. The van der Waals surface area contributed by atoms with Crippen LogP contribution in [0.5, 0.6) is 0 Å². The van der Waals surface area contributed by atoms with Crippen molar-refractivity contribution in [2.45, 2.75) is 85.1 Å². The van der Waals surface area contributed by atoms with Crippen LogP contribution in [0.2, 0.25) is 0 Å². The molecule has 8 nitrogen and oxygen atoms in total. The van der Waals surface area contributed by atoms with Gasteiger partial charge in [-0.05, 0) is 44.9 Å². The Hall–Kier alpha value is -2.48. The van der Waals surface area contributed by atoms with Crippen molar-refractivity contribution in [1.29, 1.82) is 0 Å². The number of nitrogens with one attached hydrogen (secondary N) is 2. The molecule has 8 heteroatoms. The van der Waals surface area contributed by atoms with E-state index in [0.29, 0.717) is 24.2 Å². The lowest BCUT2D eigenvalue weighted by molar-refractivity contribution is -0.122. The summed E-state index contributed by atoms with van der Waals surface area (Å²) >= 11 is 0. The van der Waals surface area contributed by atoms with Gasteiger partial charge in [-0.1, -0.05) is 40.0 Å². The van der Waals surface area contributed by atoms with Crippen molar-refractivity contribution in [1.82, 2.24) is 24.8 Å². The molecule has 0 radical (unpaired) electrons. The van der Waals surface area contributed by atoms with Gasteiger partial charge in [-0.2, -0.15) is 4.98 Å². The first kappa shape index (κ1) is 26.8. The van der Waals surface area contributed by atoms with Gasteiger partial charge in [0.1, 0.15) is 18.2 Å². The molecule has 2 rings (SSSR count). The van der Waals surface area contributed by atoms with Crippen LogP contribution in [0.15, 0.2) is 24.8 Å². The number of anilines is 1. The zero-order valence-corrected chi connectivity index (χ0v) is 20.8. The summed E-state index contributed by atoms with van der Waals surface area (Å²) in [5.41, 5.74) is 0.979. The summed E-state index contributed by atoms with van der Waals surface area (Å²) in [4.78, 5) is 26.5. The summed E-state index contributed by atoms with van der Waals surface area (Å²) in [5, 5.41) is 6.47. The van der Waals surface area contributed by atoms with Crippen LogP contribution in [0.1, 0.15) is 78.3 Å². The maximum absolute atomic E-state index is 13.0. The Kier molecular flexibility index (Phi) is 12.5. The van der Waals surface area contributed by atoms with E-state index in [1.807, 2.05) is 19.2 Å². The highest BCUT2D eigenvalue weighted by atomic mass is 16.5. The fourth-order valence-corrected chi connectivity index (χ4v) is 3.60. The Balaban J connectivity index is 2.09. The Bertz CT molecular complexity index is 794. The van der Waals surface area contributed by atoms with Crippen LogP contribution in [-0.2, 0) is 16.0 Å². The molecular formula is C25H42N6O2. The summed E-state index contributed by atoms with van der Waals surface area (Å²) < 4.78 is 7.17. The molecule has 1 atom stereocenters. The molecule has 2 aromatic rings. The first-order chi connectivity index (χ1) is 16.0. The average molecular weight is 459 g/mol. The Morgan fingerprint density at radius 3 is 2.67 bits per heavy atom. The molecule has 0 fully saturated rings. The molecule has 0 saturated carbocycles. The lowest BCUT2D eigenvalue weighted by atomic mass is 10.0. The third-order valence-corrected chi connectivity index (χ3v) is 5.35. The quantitative estimate of drug-likeness (QED) is 0.338. The largest absolute Gasteiger partial charge is 0.382 e. The van der Waals surface area contributed by atoms with Gasteiger partial charge in [-0.15, -0.1) is 0 Å². The van der Waals surface area contributed by atoms with Gasteiger partial charge in [-0.3, -0.25) is 9.36 Å². The van der Waals surface area contributed by atoms with Gasteiger partial charge in [0.2, 0.25) is 11.9 Å². The number of unbranched alkanes of at least 4 members (excludes halogenated alkanes) is 4. The van der Waals surface area contributed by atoms with E-state index in [0.717, 1.165) is 51.0 Å². The Labute approximate surface area is 199 Å². The lowest BCUT2D eigenvalue weighted by Crippen LogP contribution is -2.41. The fraction of sp³-hybridized carbons (Fsp3) is 0.680. The van der Waals surface area contributed by atoms with E-state index in [1.165, 1.54) is 19.3 Å². The number of aryl methyl sites for hydroxylation is 1. The van der Waals surface area contributed by atoms with E-state index < -0.39 is 0 Å². The van der Waals surface area contributed by atoms with Crippen molar-refractivity contribution in [3.63, 3.8) is 0 Å². The lowest BCUT2D eigenvalue weighted by Gasteiger charge is -2.21. The van der Waals surface area contributed by atoms with E-state index in [-0.39, 0.29) is 11.9 Å². The molecule has 2 N–H and O–H groups in total. The van der Waals surface area contributed by atoms with E-state index in [4.69, 9.17) is 9.72 Å². The number of carbonyl (C=O) groups excluding carboxylic acids is 1. The molecule has 0 saturated heterocycles. The highest BCUT2D eigenvalue weighted by molar-refractivity contribution is 5.84. The maximum Gasteiger partial charge on any atom is 0.242 e. The van der Waals surface area contributed by atoms with Gasteiger partial charge < -0.3 is 15.4 Å². The van der Waals surface area contributed by atoms with Gasteiger partial charge in [0.15, 0.2) is 0 Å². The molecule has 184 valence electrons. The maximum atomic E-state index is 13.0. The summed E-state index contributed by atoms with van der Waals surface area (Å²) in [6.07, 6.45) is 13.4. The van der Waals surface area contributed by atoms with Gasteiger partial charge >= 0.3 is 0 Å². The molecule has 0 unspecified atom stereocenters. The van der Waals surface area contributed by atoms with E-state index >= 15 is 0 Å². The first-order valence-electron chi connectivity index (χ1n) is 12.5. The molecule has 2 heterocycles. The smallest absolute Gasteiger partial charge is 0.242 e. The SMILES string of the molecule is CCCCCCc1cc(N[C@@H](CC(C)C)C(=O)NCCCCOCC)nc(-n2ccnc2)n1. The molecule has 0 spiro atoms. The molecule has 2 aromatic heterocycles. The number of rotatable bonds is 17. The van der Waals surface area contributed by atoms with Crippen molar-refractivity contribution in [2.75, 3.05) is 25.1 Å². The normalized spacial score (nSPS) is 12.2. The second-order valence-electron chi connectivity index (χ2n) is 8.85. The summed E-state index contributed by atoms with van der Waals surface area (Å²) in [5.74, 6) is 1.63. The van der Waals surface area contributed by atoms with Crippen LogP contribution in [-0.4, -0.2) is 51.2 Å². The molecule has 0 aliphatic rings. The van der Waals surface area contributed by atoms with Crippen molar-refractivity contribution in [2.24, 2.45) is 5.92 Å². The number of imidazole rings is 1. The summed E-state index contributed by atoms with van der Waals surface area (Å²) in [7, 11) is 0. The number of aromatic nitrogens is 4. The predicted octanol–water partition coefficient (Wildman–Crippen LogP) is 4.54. The second kappa shape index (κ2) is 15.4. The van der Waals surface area contributed by atoms with Crippen LogP contribution >= 0.6 is 0 Å². The minimum Gasteiger partial charge on any atom is -0.382 e. The van der Waals surface area contributed by atoms with Gasteiger partial charge in [-0.25, -0.2) is 9.97 Å². The highest BCUT2D eigenvalue weighted by Gasteiger charge is 2.21. The van der Waals surface area contributed by atoms with Crippen LogP contribution in [0.4, 0.5) is 5.82 Å². The number of hydrogen-bond donors (Lipinski definition) is 2. The van der Waals surface area contributed by atoms with Crippen LogP contribution in [0.25, 0.3) is 5.95 Å². The zero-order valence-electron chi connectivity index (χ0n) is 20.8. The molecule has 33 heavy (non-hydrogen) atoms. The van der Waals surface area contributed by atoms with Crippen LogP contribution in [0, 0.1) is 5.92 Å². The number of hydrogen-bond acceptors (Lipinski definition) is 6. The minimum atomic E-state index is -0.352. The van der Waals surface area contributed by atoms with Gasteiger partial charge in [0, 0.05) is 43.9 Å². The number of amides is 1. The van der Waals surface area contributed by atoms with Crippen molar-refractivity contribution < 1.29 is 9.53 Å². The Morgan fingerprint density at radius 1 is 1.12 bits per heavy atom. The molecule has 0 aliphatic heterocycles. The van der Waals surface area contributed by atoms with Crippen molar-refractivity contribution in [3.8, 4) is 5.95 Å². The predicted molar refractivity (Wildman–Crippen MR) is 133 cm³/mol. The number of ether oxygens (including phenoxy) is 1. The van der Waals surface area contributed by atoms with Crippen LogP contribution < -0.4 is 10.6 Å². The average Bonchev–Trinajstić information content (AvgIpc) is 3.33. The standard InChI is InChI=1S/C25H42N6O2/c1-5-7-8-9-12-21-18-23(30-25(28-21)31-15-14-26-19-31)29-22(17-20(3)4)24(32)27-13-10-11-16-33-6-2/h14-15,18-20,22H,5-13,16-17H2,1-4H3,(H,27,32)(H,28,29,30)/t22-/m0/s1. The third-order valence-electron chi connectivity index (χ3n) is 5.35. The van der Waals surface area contributed by atoms with Crippen molar-refractivity contribution in [3.05, 3.63) is 30.5 Å². The van der Waals surface area contributed by atoms with Crippen molar-refractivity contribution >= 4 is 11.7 Å². The first-order valence-corrected chi connectivity index (χ1v) is 12.5. The molecule has 0 bridgehead atoms. The molecule has 0 aliphatic carbocycles. The minimum absolute atomic E-state index is 0.00685. The van der Waals surface area contributed by atoms with Gasteiger partial charge in [0.25, 0.3) is 0 Å². The third kappa shape index (κ3) is 10.3. The second-order valence-corrected chi connectivity index (χ2v) is 8.85. The fourth-order valence-electron chi connectivity index (χ4n) is 3.60.